The second-order valence-electron chi connectivity index (χ2n) is 5.30. The predicted molar refractivity (Wildman–Crippen MR) is 89.1 cm³/mol. The van der Waals surface area contributed by atoms with Crippen molar-refractivity contribution in [1.82, 2.24) is 0 Å². The fourth-order valence-electron chi connectivity index (χ4n) is 2.26. The van der Waals surface area contributed by atoms with E-state index in [0.29, 0.717) is 6.61 Å². The van der Waals surface area contributed by atoms with Gasteiger partial charge < -0.3 is 0 Å². The summed E-state index contributed by atoms with van der Waals surface area (Å²) in [5.74, 6) is 0. The fraction of sp³-hybridized carbons (Fsp3) is 1.00. The molecule has 0 aromatic rings. The molecule has 5 heteroatoms. The molecule has 0 aromatic heterocycles. The van der Waals surface area contributed by atoms with Gasteiger partial charge in [-0.15, -0.1) is 0 Å². The van der Waals surface area contributed by atoms with Gasteiger partial charge in [0.25, 0.3) is 11.0 Å². The first kappa shape index (κ1) is 22.8. The molecule has 0 spiro atoms. The zero-order chi connectivity index (χ0) is 14.2. The molecule has 118 valence electrons. The zero-order valence-corrected chi connectivity index (χ0v) is 13.5. The summed E-state index contributed by atoms with van der Waals surface area (Å²) in [7, 11) is -2.64. The van der Waals surface area contributed by atoms with Crippen LogP contribution in [-0.4, -0.2) is 33.9 Å². The van der Waals surface area contributed by atoms with Crippen molar-refractivity contribution >= 4 is 29.8 Å². The molecule has 0 aliphatic rings. The first-order valence-electron chi connectivity index (χ1n) is 8.04. The molecule has 0 saturated carbocycles. The van der Waals surface area contributed by atoms with E-state index in [1.165, 1.54) is 70.6 Å². The van der Waals surface area contributed by atoms with E-state index in [1.54, 1.807) is 0 Å². The average molecular weight is 300 g/mol. The third kappa shape index (κ3) is 20.8. The SMILES string of the molecule is CCCCCCCCCCCCCCCO[SH](=O)=O.[LiH]. The summed E-state index contributed by atoms with van der Waals surface area (Å²) in [6, 6.07) is 0. The second kappa shape index (κ2) is 19.5. The molecule has 0 amide bonds. The van der Waals surface area contributed by atoms with Gasteiger partial charge in [-0.05, 0) is 6.42 Å². The van der Waals surface area contributed by atoms with Crippen LogP contribution < -0.4 is 0 Å². The van der Waals surface area contributed by atoms with Gasteiger partial charge in [-0.25, -0.2) is 8.42 Å². The second-order valence-corrected chi connectivity index (χ2v) is 6.00. The van der Waals surface area contributed by atoms with Gasteiger partial charge in [-0.2, -0.15) is 0 Å². The van der Waals surface area contributed by atoms with E-state index >= 15 is 0 Å². The third-order valence-corrected chi connectivity index (χ3v) is 3.84. The van der Waals surface area contributed by atoms with Crippen LogP contribution in [0.4, 0.5) is 0 Å². The van der Waals surface area contributed by atoms with Crippen LogP contribution >= 0.6 is 0 Å². The summed E-state index contributed by atoms with van der Waals surface area (Å²) in [5.41, 5.74) is 0. The molecule has 0 bridgehead atoms. The Morgan fingerprint density at radius 1 is 0.650 bits per heavy atom. The Labute approximate surface area is 139 Å². The van der Waals surface area contributed by atoms with Crippen molar-refractivity contribution in [2.75, 3.05) is 6.61 Å². The van der Waals surface area contributed by atoms with E-state index in [0.717, 1.165) is 12.8 Å². The van der Waals surface area contributed by atoms with Gasteiger partial charge in [0.1, 0.15) is 0 Å². The number of rotatable bonds is 15. The van der Waals surface area contributed by atoms with E-state index in [1.807, 2.05) is 0 Å². The molecule has 20 heavy (non-hydrogen) atoms. The van der Waals surface area contributed by atoms with Crippen molar-refractivity contribution in [3.05, 3.63) is 0 Å². The number of thiol groups is 1. The van der Waals surface area contributed by atoms with Crippen molar-refractivity contribution in [3.63, 3.8) is 0 Å². The Hall–Kier alpha value is 0.507. The van der Waals surface area contributed by atoms with Gasteiger partial charge in [-0.1, -0.05) is 84.0 Å². The standard InChI is InChI=1S/C15H32O3S.Li.H/c1-2-3-4-5-6-7-8-9-10-11-12-13-14-15-18-19(16)17;;/h19H,2-15H2,1H3;;. The molecule has 3 nitrogen and oxygen atoms in total. The summed E-state index contributed by atoms with van der Waals surface area (Å²) in [6.45, 7) is 2.61. The molecule has 0 atom stereocenters. The fourth-order valence-corrected chi connectivity index (χ4v) is 2.54. The monoisotopic (exact) mass is 300 g/mol. The molecule has 0 rings (SSSR count). The van der Waals surface area contributed by atoms with Gasteiger partial charge >= 0.3 is 18.9 Å². The van der Waals surface area contributed by atoms with E-state index in [2.05, 4.69) is 11.1 Å². The zero-order valence-electron chi connectivity index (χ0n) is 12.6. The van der Waals surface area contributed by atoms with Crippen molar-refractivity contribution in [2.24, 2.45) is 0 Å². The summed E-state index contributed by atoms with van der Waals surface area (Å²) in [6.07, 6.45) is 16.8. The van der Waals surface area contributed by atoms with Gasteiger partial charge in [-0.3, -0.25) is 4.18 Å². The van der Waals surface area contributed by atoms with Gasteiger partial charge in [0, 0.05) is 0 Å². The van der Waals surface area contributed by atoms with E-state index < -0.39 is 11.0 Å². The molecule has 0 aromatic carbocycles. The maximum atomic E-state index is 10.1. The van der Waals surface area contributed by atoms with Crippen LogP contribution in [0.5, 0.6) is 0 Å². The van der Waals surface area contributed by atoms with Crippen LogP contribution in [0.2, 0.25) is 0 Å². The van der Waals surface area contributed by atoms with Crippen molar-refractivity contribution in [3.8, 4) is 0 Å². The first-order valence-corrected chi connectivity index (χ1v) is 9.14. The Morgan fingerprint density at radius 3 is 1.35 bits per heavy atom. The van der Waals surface area contributed by atoms with Crippen molar-refractivity contribution in [1.29, 1.82) is 0 Å². The van der Waals surface area contributed by atoms with Crippen LogP contribution in [-0.2, 0) is 15.2 Å². The third-order valence-electron chi connectivity index (χ3n) is 3.44. The molecule has 0 N–H and O–H groups in total. The van der Waals surface area contributed by atoms with Gasteiger partial charge in [0.2, 0.25) is 0 Å². The number of hydrogen-bond donors (Lipinski definition) is 1. The minimum atomic E-state index is -2.64. The first-order chi connectivity index (χ1) is 9.27. The average Bonchev–Trinajstić information content (AvgIpc) is 2.39. The van der Waals surface area contributed by atoms with E-state index in [9.17, 15) is 8.42 Å². The van der Waals surface area contributed by atoms with Crippen molar-refractivity contribution in [2.45, 2.75) is 90.4 Å². The van der Waals surface area contributed by atoms with Crippen LogP contribution in [0.25, 0.3) is 0 Å². The molecule has 0 radical (unpaired) electrons. The van der Waals surface area contributed by atoms with Crippen LogP contribution in [0.1, 0.15) is 90.4 Å². The Kier molecular flexibility index (Phi) is 22.2. The molecule has 0 fully saturated rings. The van der Waals surface area contributed by atoms with Crippen molar-refractivity contribution < 1.29 is 12.6 Å². The molecule has 0 heterocycles. The van der Waals surface area contributed by atoms with Gasteiger partial charge in [0.05, 0.1) is 6.61 Å². The summed E-state index contributed by atoms with van der Waals surface area (Å²) >= 11 is 0. The topological polar surface area (TPSA) is 43.4 Å². The quantitative estimate of drug-likeness (QED) is 0.283. The Bertz CT molecular complexity index is 237. The van der Waals surface area contributed by atoms with Crippen LogP contribution in [0.3, 0.4) is 0 Å². The normalized spacial score (nSPS) is 10.7. The predicted octanol–water partition coefficient (Wildman–Crippen LogP) is 3.97. The van der Waals surface area contributed by atoms with E-state index in [-0.39, 0.29) is 18.9 Å². The van der Waals surface area contributed by atoms with E-state index in [4.69, 9.17) is 0 Å². The van der Waals surface area contributed by atoms with Gasteiger partial charge in [0.15, 0.2) is 0 Å². The Balaban J connectivity index is 0. The molecule has 0 unspecified atom stereocenters. The van der Waals surface area contributed by atoms with Crippen LogP contribution in [0, 0.1) is 0 Å². The Morgan fingerprint density at radius 2 is 1.00 bits per heavy atom. The number of unbranched alkanes of at least 4 members (excludes halogenated alkanes) is 12. The molecular formula is C15H33LiO3S. The van der Waals surface area contributed by atoms with Crippen LogP contribution in [0.15, 0.2) is 0 Å². The summed E-state index contributed by atoms with van der Waals surface area (Å²) in [5, 5.41) is 0. The molecule has 0 aliphatic heterocycles. The minimum absolute atomic E-state index is 0. The molecular weight excluding hydrogens is 267 g/mol. The number of hydrogen-bond acceptors (Lipinski definition) is 3. The molecule has 0 aliphatic carbocycles. The summed E-state index contributed by atoms with van der Waals surface area (Å²) in [4.78, 5) is 0. The maximum absolute atomic E-state index is 10.1. The summed E-state index contributed by atoms with van der Waals surface area (Å²) < 4.78 is 24.8. The molecule has 0 saturated heterocycles.